The van der Waals surface area contributed by atoms with Crippen molar-refractivity contribution in [2.75, 3.05) is 19.6 Å². The van der Waals surface area contributed by atoms with E-state index in [9.17, 15) is 4.79 Å². The first kappa shape index (κ1) is 13.8. The van der Waals surface area contributed by atoms with E-state index in [1.807, 2.05) is 31.2 Å². The zero-order valence-corrected chi connectivity index (χ0v) is 11.1. The van der Waals surface area contributed by atoms with Gasteiger partial charge in [0.15, 0.2) is 0 Å². The van der Waals surface area contributed by atoms with Crippen molar-refractivity contribution in [3.05, 3.63) is 35.4 Å². The number of piperazine rings is 1. The number of rotatable bonds is 3. The number of amides is 1. The normalized spacial score (nSPS) is 20.5. The number of carbonyl (C=O) groups is 1. The number of hydrogen-bond acceptors (Lipinski definition) is 3. The van der Waals surface area contributed by atoms with Crippen molar-refractivity contribution in [1.82, 2.24) is 9.80 Å². The van der Waals surface area contributed by atoms with Crippen LogP contribution in [-0.2, 0) is 13.2 Å². The lowest BCUT2D eigenvalue weighted by atomic mass is 10.1. The van der Waals surface area contributed by atoms with Gasteiger partial charge in [-0.1, -0.05) is 24.3 Å². The predicted octanol–water partition coefficient (Wildman–Crippen LogP) is 1.36. The second kappa shape index (κ2) is 6.04. The highest BCUT2D eigenvalue weighted by Crippen LogP contribution is 2.14. The summed E-state index contributed by atoms with van der Waals surface area (Å²) in [6.07, 6.45) is -0.834. The van der Waals surface area contributed by atoms with E-state index in [2.05, 4.69) is 4.90 Å². The number of hydrogen-bond donors (Lipinski definition) is 2. The molecule has 1 aromatic rings. The standard InChI is InChI=1S/C14H20N2O3/c1-11-8-15(6-7-16(11)14(18)19)9-12-2-4-13(10-17)5-3-12/h2-5,11,17H,6-10H2,1H3,(H,18,19)/t11-/m0/s1. The molecular formula is C14H20N2O3. The topological polar surface area (TPSA) is 64.0 Å². The van der Waals surface area contributed by atoms with Crippen molar-refractivity contribution in [3.8, 4) is 0 Å². The molecule has 1 saturated heterocycles. The van der Waals surface area contributed by atoms with Gasteiger partial charge in [-0.2, -0.15) is 0 Å². The summed E-state index contributed by atoms with van der Waals surface area (Å²) in [7, 11) is 0. The van der Waals surface area contributed by atoms with E-state index in [0.29, 0.717) is 6.54 Å². The molecular weight excluding hydrogens is 244 g/mol. The lowest BCUT2D eigenvalue weighted by Crippen LogP contribution is -2.53. The lowest BCUT2D eigenvalue weighted by Gasteiger charge is -2.38. The van der Waals surface area contributed by atoms with E-state index in [4.69, 9.17) is 10.2 Å². The van der Waals surface area contributed by atoms with Crippen LogP contribution in [0.25, 0.3) is 0 Å². The van der Waals surface area contributed by atoms with Crippen LogP contribution >= 0.6 is 0 Å². The Labute approximate surface area is 113 Å². The number of aliphatic hydroxyl groups excluding tert-OH is 1. The zero-order chi connectivity index (χ0) is 13.8. The van der Waals surface area contributed by atoms with Gasteiger partial charge in [0.25, 0.3) is 0 Å². The quantitative estimate of drug-likeness (QED) is 0.865. The van der Waals surface area contributed by atoms with Crippen LogP contribution in [0.1, 0.15) is 18.1 Å². The second-order valence-corrected chi connectivity index (χ2v) is 5.03. The minimum Gasteiger partial charge on any atom is -0.465 e. The fourth-order valence-corrected chi connectivity index (χ4v) is 2.47. The Morgan fingerprint density at radius 1 is 1.26 bits per heavy atom. The molecule has 1 aliphatic heterocycles. The summed E-state index contributed by atoms with van der Waals surface area (Å²) in [5, 5.41) is 18.0. The van der Waals surface area contributed by atoms with E-state index in [0.717, 1.165) is 25.2 Å². The van der Waals surface area contributed by atoms with Crippen molar-refractivity contribution >= 4 is 6.09 Å². The largest absolute Gasteiger partial charge is 0.465 e. The Balaban J connectivity index is 1.92. The van der Waals surface area contributed by atoms with Crippen molar-refractivity contribution in [1.29, 1.82) is 0 Å². The maximum absolute atomic E-state index is 11.0. The Kier molecular flexibility index (Phi) is 4.39. The van der Waals surface area contributed by atoms with E-state index in [1.165, 1.54) is 10.5 Å². The summed E-state index contributed by atoms with van der Waals surface area (Å²) < 4.78 is 0. The summed E-state index contributed by atoms with van der Waals surface area (Å²) in [5.74, 6) is 0. The van der Waals surface area contributed by atoms with Gasteiger partial charge in [0.1, 0.15) is 0 Å². The molecule has 5 nitrogen and oxygen atoms in total. The van der Waals surface area contributed by atoms with Crippen molar-refractivity contribution < 1.29 is 15.0 Å². The first-order valence-corrected chi connectivity index (χ1v) is 6.50. The van der Waals surface area contributed by atoms with E-state index in [-0.39, 0.29) is 12.6 Å². The highest BCUT2D eigenvalue weighted by molar-refractivity contribution is 5.65. The first-order valence-electron chi connectivity index (χ1n) is 6.50. The molecule has 0 radical (unpaired) electrons. The summed E-state index contributed by atoms with van der Waals surface area (Å²) in [6, 6.07) is 7.90. The molecule has 1 fully saturated rings. The average molecular weight is 264 g/mol. The van der Waals surface area contributed by atoms with Crippen molar-refractivity contribution in [2.24, 2.45) is 0 Å². The van der Waals surface area contributed by atoms with Crippen LogP contribution in [0.5, 0.6) is 0 Å². The minimum absolute atomic E-state index is 0.0305. The van der Waals surface area contributed by atoms with Gasteiger partial charge in [0.2, 0.25) is 0 Å². The SMILES string of the molecule is C[C@H]1CN(Cc2ccc(CO)cc2)CCN1C(=O)O. The molecule has 0 aromatic heterocycles. The molecule has 104 valence electrons. The molecule has 2 N–H and O–H groups in total. The van der Waals surface area contributed by atoms with Crippen molar-refractivity contribution in [3.63, 3.8) is 0 Å². The average Bonchev–Trinajstić information content (AvgIpc) is 2.39. The summed E-state index contributed by atoms with van der Waals surface area (Å²) in [4.78, 5) is 14.7. The van der Waals surface area contributed by atoms with Crippen LogP contribution in [0, 0.1) is 0 Å². The molecule has 2 rings (SSSR count). The summed E-state index contributed by atoms with van der Waals surface area (Å²) >= 11 is 0. The fraction of sp³-hybridized carbons (Fsp3) is 0.500. The molecule has 5 heteroatoms. The Hall–Kier alpha value is -1.59. The molecule has 1 amide bonds. The maximum Gasteiger partial charge on any atom is 0.407 e. The zero-order valence-electron chi connectivity index (χ0n) is 11.1. The molecule has 0 unspecified atom stereocenters. The number of carboxylic acid groups (broad SMARTS) is 1. The van der Waals surface area contributed by atoms with Gasteiger partial charge in [0.05, 0.1) is 6.61 Å². The molecule has 1 aromatic carbocycles. The smallest absolute Gasteiger partial charge is 0.407 e. The number of nitrogens with zero attached hydrogens (tertiary/aromatic N) is 2. The third kappa shape index (κ3) is 3.45. The van der Waals surface area contributed by atoms with Crippen molar-refractivity contribution in [2.45, 2.75) is 26.1 Å². The van der Waals surface area contributed by atoms with Gasteiger partial charge in [-0.3, -0.25) is 4.90 Å². The summed E-state index contributed by atoms with van der Waals surface area (Å²) in [5.41, 5.74) is 2.10. The fourth-order valence-electron chi connectivity index (χ4n) is 2.47. The third-order valence-corrected chi connectivity index (χ3v) is 3.57. The van der Waals surface area contributed by atoms with Crippen LogP contribution in [-0.4, -0.2) is 51.8 Å². The van der Waals surface area contributed by atoms with E-state index in [1.54, 1.807) is 0 Å². The third-order valence-electron chi connectivity index (χ3n) is 3.57. The molecule has 0 saturated carbocycles. The van der Waals surface area contributed by atoms with Crippen LogP contribution in [0.4, 0.5) is 4.79 Å². The van der Waals surface area contributed by atoms with Gasteiger partial charge >= 0.3 is 6.09 Å². The van der Waals surface area contributed by atoms with Gasteiger partial charge in [-0.25, -0.2) is 4.79 Å². The summed E-state index contributed by atoms with van der Waals surface area (Å²) in [6.45, 7) is 4.91. The van der Waals surface area contributed by atoms with Gasteiger partial charge in [0, 0.05) is 32.2 Å². The Morgan fingerprint density at radius 2 is 1.89 bits per heavy atom. The van der Waals surface area contributed by atoms with Crippen LogP contribution in [0.3, 0.4) is 0 Å². The van der Waals surface area contributed by atoms with Gasteiger partial charge in [-0.05, 0) is 18.1 Å². The van der Waals surface area contributed by atoms with E-state index < -0.39 is 6.09 Å². The highest BCUT2D eigenvalue weighted by Gasteiger charge is 2.26. The molecule has 0 spiro atoms. The first-order chi connectivity index (χ1) is 9.10. The van der Waals surface area contributed by atoms with Gasteiger partial charge < -0.3 is 15.1 Å². The number of aliphatic hydroxyl groups is 1. The minimum atomic E-state index is -0.834. The second-order valence-electron chi connectivity index (χ2n) is 5.03. The monoisotopic (exact) mass is 264 g/mol. The van der Waals surface area contributed by atoms with Crippen LogP contribution in [0.2, 0.25) is 0 Å². The molecule has 1 atom stereocenters. The Morgan fingerprint density at radius 3 is 2.42 bits per heavy atom. The molecule has 19 heavy (non-hydrogen) atoms. The van der Waals surface area contributed by atoms with Gasteiger partial charge in [-0.15, -0.1) is 0 Å². The lowest BCUT2D eigenvalue weighted by molar-refractivity contribution is 0.0711. The van der Waals surface area contributed by atoms with Crippen LogP contribution in [0.15, 0.2) is 24.3 Å². The highest BCUT2D eigenvalue weighted by atomic mass is 16.4. The maximum atomic E-state index is 11.0. The predicted molar refractivity (Wildman–Crippen MR) is 71.8 cm³/mol. The Bertz CT molecular complexity index is 433. The van der Waals surface area contributed by atoms with E-state index >= 15 is 0 Å². The molecule has 0 aliphatic carbocycles. The molecule has 0 bridgehead atoms. The number of benzene rings is 1. The molecule has 1 aliphatic rings. The molecule has 1 heterocycles. The van der Waals surface area contributed by atoms with Crippen LogP contribution < -0.4 is 0 Å².